The van der Waals surface area contributed by atoms with E-state index in [1.54, 1.807) is 30.2 Å². The average molecular weight is 451 g/mol. The van der Waals surface area contributed by atoms with Gasteiger partial charge in [-0.1, -0.05) is 31.4 Å². The molecule has 1 aromatic carbocycles. The molecule has 1 aliphatic carbocycles. The summed E-state index contributed by atoms with van der Waals surface area (Å²) in [6.45, 7) is 1.57. The van der Waals surface area contributed by atoms with Crippen molar-refractivity contribution < 1.29 is 22.7 Å². The zero-order valence-electron chi connectivity index (χ0n) is 17.1. The summed E-state index contributed by atoms with van der Waals surface area (Å²) in [7, 11) is -3.15. The quantitative estimate of drug-likeness (QED) is 0.599. The van der Waals surface area contributed by atoms with Gasteiger partial charge in [-0.15, -0.1) is 11.3 Å². The monoisotopic (exact) mass is 450 g/mol. The van der Waals surface area contributed by atoms with Gasteiger partial charge in [-0.05, 0) is 37.5 Å². The summed E-state index contributed by atoms with van der Waals surface area (Å²) in [5, 5.41) is 2.45. The predicted octanol–water partition coefficient (Wildman–Crippen LogP) is 3.60. The highest BCUT2D eigenvalue weighted by Crippen LogP contribution is 2.29. The third-order valence-corrected chi connectivity index (χ3v) is 6.68. The van der Waals surface area contributed by atoms with Crippen molar-refractivity contribution in [1.29, 1.82) is 0 Å². The first kappa shape index (κ1) is 22.4. The van der Waals surface area contributed by atoms with Crippen LogP contribution in [0.15, 0.2) is 35.8 Å². The first-order chi connectivity index (χ1) is 14.2. The fraction of sp³-hybridized carbons (Fsp3) is 0.476. The van der Waals surface area contributed by atoms with E-state index >= 15 is 0 Å². The number of nitrogens with zero attached hydrogens (tertiary/aromatic N) is 2. The number of benzene rings is 1. The second-order valence-electron chi connectivity index (χ2n) is 7.63. The summed E-state index contributed by atoms with van der Waals surface area (Å²) in [5.74, 6) is -0.995. The molecule has 0 bridgehead atoms. The molecule has 0 saturated heterocycles. The summed E-state index contributed by atoms with van der Waals surface area (Å²) < 4.78 is 28.2. The number of sulfone groups is 1. The van der Waals surface area contributed by atoms with E-state index in [1.807, 2.05) is 5.38 Å². The number of hydrogen-bond donors (Lipinski definition) is 0. The number of esters is 1. The molecule has 1 unspecified atom stereocenters. The number of carbonyl (C=O) groups is 2. The van der Waals surface area contributed by atoms with Crippen molar-refractivity contribution in [1.82, 2.24) is 4.98 Å². The van der Waals surface area contributed by atoms with E-state index < -0.39 is 21.9 Å². The highest BCUT2D eigenvalue weighted by atomic mass is 32.2. The minimum absolute atomic E-state index is 0.0637. The van der Waals surface area contributed by atoms with Crippen molar-refractivity contribution in [3.63, 3.8) is 0 Å². The maximum atomic E-state index is 13.2. The second-order valence-corrected chi connectivity index (χ2v) is 10.6. The topological polar surface area (TPSA) is 93.6 Å². The zero-order valence-corrected chi connectivity index (χ0v) is 18.7. The molecule has 1 heterocycles. The molecule has 1 atom stereocenters. The van der Waals surface area contributed by atoms with Crippen molar-refractivity contribution >= 4 is 38.2 Å². The maximum Gasteiger partial charge on any atom is 0.338 e. The minimum atomic E-state index is -3.15. The number of carbonyl (C=O) groups excluding carboxylic acids is 2. The van der Waals surface area contributed by atoms with Crippen LogP contribution in [-0.2, 0) is 25.1 Å². The van der Waals surface area contributed by atoms with E-state index in [-0.39, 0.29) is 23.3 Å². The summed E-state index contributed by atoms with van der Waals surface area (Å²) in [4.78, 5) is 31.7. The molecule has 0 radical (unpaired) electrons. The Labute approximate surface area is 181 Å². The van der Waals surface area contributed by atoms with Gasteiger partial charge >= 0.3 is 5.97 Å². The standard InChI is InChI=1S/C21H26N2O5S2/c1-15(28-20(25)17-10-8-16(9-11-17)14-30(2,26)27)19(24)23(21-22-12-13-29-21)18-6-4-3-5-7-18/h8-13,15,18H,3-7,14H2,1-2H3. The molecule has 1 aliphatic rings. The summed E-state index contributed by atoms with van der Waals surface area (Å²) in [6.07, 6.45) is 6.97. The maximum absolute atomic E-state index is 13.2. The molecule has 1 amide bonds. The van der Waals surface area contributed by atoms with Crippen molar-refractivity contribution in [2.24, 2.45) is 0 Å². The summed E-state index contributed by atoms with van der Waals surface area (Å²) in [6, 6.07) is 6.25. The Hall–Kier alpha value is -2.26. The fourth-order valence-electron chi connectivity index (χ4n) is 3.62. The van der Waals surface area contributed by atoms with E-state index in [0.29, 0.717) is 10.7 Å². The molecular weight excluding hydrogens is 424 g/mol. The van der Waals surface area contributed by atoms with Crippen LogP contribution >= 0.6 is 11.3 Å². The molecular formula is C21H26N2O5S2. The van der Waals surface area contributed by atoms with Gasteiger partial charge in [0.1, 0.15) is 0 Å². The van der Waals surface area contributed by atoms with Crippen LogP contribution in [0.2, 0.25) is 0 Å². The molecule has 0 N–H and O–H groups in total. The summed E-state index contributed by atoms with van der Waals surface area (Å²) in [5.41, 5.74) is 0.857. The van der Waals surface area contributed by atoms with Gasteiger partial charge in [0, 0.05) is 23.9 Å². The highest BCUT2D eigenvalue weighted by Gasteiger charge is 2.33. The van der Waals surface area contributed by atoms with Gasteiger partial charge in [0.15, 0.2) is 21.1 Å². The van der Waals surface area contributed by atoms with Gasteiger partial charge in [-0.3, -0.25) is 9.69 Å². The van der Waals surface area contributed by atoms with Crippen LogP contribution in [0.1, 0.15) is 54.9 Å². The third-order valence-electron chi connectivity index (χ3n) is 5.05. The highest BCUT2D eigenvalue weighted by molar-refractivity contribution is 7.89. The fourth-order valence-corrected chi connectivity index (χ4v) is 5.13. The van der Waals surface area contributed by atoms with Gasteiger partial charge in [-0.25, -0.2) is 18.2 Å². The van der Waals surface area contributed by atoms with Gasteiger partial charge in [0.2, 0.25) is 0 Å². The Kier molecular flexibility index (Phi) is 7.25. The smallest absolute Gasteiger partial charge is 0.338 e. The summed E-state index contributed by atoms with van der Waals surface area (Å²) >= 11 is 1.40. The van der Waals surface area contributed by atoms with E-state index in [0.717, 1.165) is 38.4 Å². The minimum Gasteiger partial charge on any atom is -0.449 e. The lowest BCUT2D eigenvalue weighted by molar-refractivity contribution is -0.127. The molecule has 9 heteroatoms. The van der Waals surface area contributed by atoms with Crippen LogP contribution in [0.3, 0.4) is 0 Å². The molecule has 1 fully saturated rings. The first-order valence-corrected chi connectivity index (χ1v) is 12.9. The average Bonchev–Trinajstić information content (AvgIpc) is 3.22. The normalized spacial score (nSPS) is 16.1. The number of thiazole rings is 1. The van der Waals surface area contributed by atoms with Crippen molar-refractivity contribution in [3.05, 3.63) is 47.0 Å². The first-order valence-electron chi connectivity index (χ1n) is 9.95. The molecule has 3 rings (SSSR count). The van der Waals surface area contributed by atoms with Gasteiger partial charge in [-0.2, -0.15) is 0 Å². The van der Waals surface area contributed by atoms with Gasteiger partial charge < -0.3 is 4.74 Å². The van der Waals surface area contributed by atoms with Crippen LogP contribution in [0.5, 0.6) is 0 Å². The van der Waals surface area contributed by atoms with Crippen LogP contribution < -0.4 is 4.90 Å². The Morgan fingerprint density at radius 1 is 1.20 bits per heavy atom. The van der Waals surface area contributed by atoms with Crippen molar-refractivity contribution in [2.75, 3.05) is 11.2 Å². The van der Waals surface area contributed by atoms with Crippen LogP contribution in [0.25, 0.3) is 0 Å². The lowest BCUT2D eigenvalue weighted by Crippen LogP contribution is -2.47. The molecule has 30 heavy (non-hydrogen) atoms. The number of aromatic nitrogens is 1. The Morgan fingerprint density at radius 2 is 1.87 bits per heavy atom. The number of hydrogen-bond acceptors (Lipinski definition) is 7. The molecule has 1 aromatic heterocycles. The van der Waals surface area contributed by atoms with Crippen LogP contribution in [0.4, 0.5) is 5.13 Å². The lowest BCUT2D eigenvalue weighted by atomic mass is 9.94. The van der Waals surface area contributed by atoms with E-state index in [9.17, 15) is 18.0 Å². The van der Waals surface area contributed by atoms with Crippen LogP contribution in [0, 0.1) is 0 Å². The van der Waals surface area contributed by atoms with Crippen molar-refractivity contribution in [3.8, 4) is 0 Å². The van der Waals surface area contributed by atoms with E-state index in [4.69, 9.17) is 4.74 Å². The molecule has 7 nitrogen and oxygen atoms in total. The SMILES string of the molecule is CC(OC(=O)c1ccc(CS(C)(=O)=O)cc1)C(=O)N(c1nccs1)C1CCCCC1. The van der Waals surface area contributed by atoms with E-state index in [2.05, 4.69) is 4.98 Å². The Bertz CT molecular complexity index is 965. The molecule has 0 spiro atoms. The molecule has 1 saturated carbocycles. The third kappa shape index (κ3) is 5.89. The lowest BCUT2D eigenvalue weighted by Gasteiger charge is -2.33. The number of amides is 1. The Morgan fingerprint density at radius 3 is 2.43 bits per heavy atom. The Balaban J connectivity index is 1.69. The van der Waals surface area contributed by atoms with E-state index in [1.165, 1.54) is 23.5 Å². The second kappa shape index (κ2) is 9.70. The van der Waals surface area contributed by atoms with Crippen molar-refractivity contribution in [2.45, 2.75) is 56.9 Å². The van der Waals surface area contributed by atoms with Gasteiger partial charge in [0.25, 0.3) is 5.91 Å². The zero-order chi connectivity index (χ0) is 21.7. The molecule has 162 valence electrons. The number of ether oxygens (including phenoxy) is 1. The molecule has 2 aromatic rings. The number of rotatable bonds is 7. The predicted molar refractivity (Wildman–Crippen MR) is 116 cm³/mol. The van der Waals surface area contributed by atoms with Gasteiger partial charge in [0.05, 0.1) is 11.3 Å². The molecule has 0 aliphatic heterocycles. The largest absolute Gasteiger partial charge is 0.449 e. The number of anilines is 1. The van der Waals surface area contributed by atoms with Crippen LogP contribution in [-0.4, -0.2) is 43.7 Å².